The summed E-state index contributed by atoms with van der Waals surface area (Å²) < 4.78 is 0. The minimum absolute atomic E-state index is 0.0132. The van der Waals surface area contributed by atoms with Gasteiger partial charge in [0.25, 0.3) is 5.69 Å². The Morgan fingerprint density at radius 2 is 2.12 bits per heavy atom. The van der Waals surface area contributed by atoms with Crippen LogP contribution in [0, 0.1) is 28.4 Å². The van der Waals surface area contributed by atoms with Crippen LogP contribution in [-0.2, 0) is 6.54 Å². The average molecular weight is 337 g/mol. The number of nitro groups is 1. The van der Waals surface area contributed by atoms with E-state index < -0.39 is 4.92 Å². The summed E-state index contributed by atoms with van der Waals surface area (Å²) in [4.78, 5) is 18.9. The molecule has 1 fully saturated rings. The normalized spacial score (nSPS) is 17.9. The number of piperazine rings is 1. The van der Waals surface area contributed by atoms with Crippen molar-refractivity contribution < 1.29 is 4.92 Å². The lowest BCUT2D eigenvalue weighted by atomic mass is 10.1. The van der Waals surface area contributed by atoms with Crippen LogP contribution in [0.3, 0.4) is 0 Å². The summed E-state index contributed by atoms with van der Waals surface area (Å²) in [5, 5.41) is 20.4. The SMILES string of the molecule is Cc1cc([N+](=O)[O-])cnc1N1CCN(Cc2ccccc2)[C@H](C#N)C1. The zero-order chi connectivity index (χ0) is 17.8. The first-order valence-electron chi connectivity index (χ1n) is 8.12. The number of pyridine rings is 1. The van der Waals surface area contributed by atoms with Gasteiger partial charge in [0, 0.05) is 32.2 Å². The lowest BCUT2D eigenvalue weighted by Crippen LogP contribution is -2.52. The van der Waals surface area contributed by atoms with E-state index in [2.05, 4.69) is 28.1 Å². The third kappa shape index (κ3) is 3.75. The molecule has 1 aliphatic heterocycles. The van der Waals surface area contributed by atoms with Crippen LogP contribution in [0.4, 0.5) is 11.5 Å². The Hall–Kier alpha value is -2.98. The van der Waals surface area contributed by atoms with Crippen LogP contribution in [-0.4, -0.2) is 40.5 Å². The monoisotopic (exact) mass is 337 g/mol. The Bertz CT molecular complexity index is 803. The van der Waals surface area contributed by atoms with Crippen LogP contribution >= 0.6 is 0 Å². The zero-order valence-corrected chi connectivity index (χ0v) is 14.0. The molecule has 1 aromatic carbocycles. The number of hydrogen-bond donors (Lipinski definition) is 0. The highest BCUT2D eigenvalue weighted by Crippen LogP contribution is 2.24. The second-order valence-corrected chi connectivity index (χ2v) is 6.14. The van der Waals surface area contributed by atoms with Crippen molar-refractivity contribution in [2.45, 2.75) is 19.5 Å². The Labute approximate surface area is 146 Å². The van der Waals surface area contributed by atoms with Gasteiger partial charge in [0.15, 0.2) is 0 Å². The highest BCUT2D eigenvalue weighted by molar-refractivity contribution is 5.51. The van der Waals surface area contributed by atoms with Crippen molar-refractivity contribution in [1.82, 2.24) is 9.88 Å². The number of aryl methyl sites for hydroxylation is 1. The molecular weight excluding hydrogens is 318 g/mol. The van der Waals surface area contributed by atoms with E-state index in [9.17, 15) is 15.4 Å². The van der Waals surface area contributed by atoms with Crippen molar-refractivity contribution in [3.8, 4) is 6.07 Å². The highest BCUT2D eigenvalue weighted by atomic mass is 16.6. The summed E-state index contributed by atoms with van der Waals surface area (Å²) >= 11 is 0. The number of hydrogen-bond acceptors (Lipinski definition) is 6. The minimum Gasteiger partial charge on any atom is -0.352 e. The number of nitrogens with zero attached hydrogens (tertiary/aromatic N) is 5. The lowest BCUT2D eigenvalue weighted by Gasteiger charge is -2.39. The fourth-order valence-electron chi connectivity index (χ4n) is 3.13. The minimum atomic E-state index is -0.445. The molecule has 0 N–H and O–H groups in total. The lowest BCUT2D eigenvalue weighted by molar-refractivity contribution is -0.385. The van der Waals surface area contributed by atoms with Gasteiger partial charge in [-0.2, -0.15) is 5.26 Å². The van der Waals surface area contributed by atoms with E-state index in [0.717, 1.165) is 25.2 Å². The molecule has 0 amide bonds. The molecule has 128 valence electrons. The molecule has 0 saturated carbocycles. The molecule has 25 heavy (non-hydrogen) atoms. The first-order chi connectivity index (χ1) is 12.1. The molecule has 0 unspecified atom stereocenters. The number of aromatic nitrogens is 1. The molecule has 3 rings (SSSR count). The van der Waals surface area contributed by atoms with Gasteiger partial charge in [0.1, 0.15) is 18.1 Å². The first-order valence-corrected chi connectivity index (χ1v) is 8.12. The van der Waals surface area contributed by atoms with Crippen molar-refractivity contribution in [1.29, 1.82) is 5.26 Å². The van der Waals surface area contributed by atoms with Gasteiger partial charge in [-0.15, -0.1) is 0 Å². The molecule has 7 heteroatoms. The predicted octanol–water partition coefficient (Wildman–Crippen LogP) is 2.51. The summed E-state index contributed by atoms with van der Waals surface area (Å²) in [6.07, 6.45) is 1.28. The topological polar surface area (TPSA) is 86.3 Å². The largest absolute Gasteiger partial charge is 0.352 e. The van der Waals surface area contributed by atoms with Gasteiger partial charge in [-0.3, -0.25) is 15.0 Å². The number of nitriles is 1. The molecule has 1 saturated heterocycles. The van der Waals surface area contributed by atoms with Crippen molar-refractivity contribution >= 4 is 11.5 Å². The Balaban J connectivity index is 1.73. The number of benzene rings is 1. The van der Waals surface area contributed by atoms with Gasteiger partial charge < -0.3 is 4.90 Å². The van der Waals surface area contributed by atoms with Crippen molar-refractivity contribution in [3.63, 3.8) is 0 Å². The van der Waals surface area contributed by atoms with Crippen LogP contribution in [0.15, 0.2) is 42.6 Å². The molecular formula is C18H19N5O2. The summed E-state index contributed by atoms with van der Waals surface area (Å²) in [7, 11) is 0. The Kier molecular flexibility index (Phi) is 4.91. The smallest absolute Gasteiger partial charge is 0.287 e. The van der Waals surface area contributed by atoms with Crippen molar-refractivity contribution in [2.75, 3.05) is 24.5 Å². The fourth-order valence-corrected chi connectivity index (χ4v) is 3.13. The summed E-state index contributed by atoms with van der Waals surface area (Å²) in [6, 6.07) is 13.7. The van der Waals surface area contributed by atoms with E-state index in [-0.39, 0.29) is 11.7 Å². The predicted molar refractivity (Wildman–Crippen MR) is 94.1 cm³/mol. The number of rotatable bonds is 4. The molecule has 2 heterocycles. The van der Waals surface area contributed by atoms with Gasteiger partial charge in [-0.25, -0.2) is 4.98 Å². The van der Waals surface area contributed by atoms with Crippen molar-refractivity contribution in [2.24, 2.45) is 0 Å². The van der Waals surface area contributed by atoms with E-state index in [0.29, 0.717) is 12.4 Å². The third-order valence-electron chi connectivity index (χ3n) is 4.42. The highest BCUT2D eigenvalue weighted by Gasteiger charge is 2.28. The molecule has 0 radical (unpaired) electrons. The molecule has 0 bridgehead atoms. The number of anilines is 1. The maximum absolute atomic E-state index is 10.9. The summed E-state index contributed by atoms with van der Waals surface area (Å²) in [5.41, 5.74) is 1.92. The second kappa shape index (κ2) is 7.28. The quantitative estimate of drug-likeness (QED) is 0.629. The summed E-state index contributed by atoms with van der Waals surface area (Å²) in [6.45, 7) is 4.56. The van der Waals surface area contributed by atoms with Crippen LogP contribution in [0.1, 0.15) is 11.1 Å². The van der Waals surface area contributed by atoms with E-state index in [1.165, 1.54) is 17.8 Å². The maximum atomic E-state index is 10.9. The van der Waals surface area contributed by atoms with Gasteiger partial charge >= 0.3 is 0 Å². The van der Waals surface area contributed by atoms with Crippen LogP contribution < -0.4 is 4.90 Å². The van der Waals surface area contributed by atoms with Gasteiger partial charge in [-0.05, 0) is 18.1 Å². The molecule has 0 spiro atoms. The van der Waals surface area contributed by atoms with Crippen LogP contribution in [0.25, 0.3) is 0 Å². The second-order valence-electron chi connectivity index (χ2n) is 6.14. The summed E-state index contributed by atoms with van der Waals surface area (Å²) in [5.74, 6) is 0.713. The molecule has 0 aliphatic carbocycles. The fraction of sp³-hybridized carbons (Fsp3) is 0.333. The van der Waals surface area contributed by atoms with E-state index >= 15 is 0 Å². The van der Waals surface area contributed by atoms with Crippen LogP contribution in [0.2, 0.25) is 0 Å². The zero-order valence-electron chi connectivity index (χ0n) is 14.0. The molecule has 1 aliphatic rings. The Morgan fingerprint density at radius 3 is 2.76 bits per heavy atom. The molecule has 7 nitrogen and oxygen atoms in total. The van der Waals surface area contributed by atoms with E-state index in [1.807, 2.05) is 30.0 Å². The van der Waals surface area contributed by atoms with E-state index in [1.54, 1.807) is 0 Å². The first kappa shape index (κ1) is 16.9. The maximum Gasteiger partial charge on any atom is 0.287 e. The Morgan fingerprint density at radius 1 is 1.36 bits per heavy atom. The van der Waals surface area contributed by atoms with Gasteiger partial charge in [-0.1, -0.05) is 30.3 Å². The van der Waals surface area contributed by atoms with E-state index in [4.69, 9.17) is 0 Å². The van der Waals surface area contributed by atoms with Crippen LogP contribution in [0.5, 0.6) is 0 Å². The molecule has 1 aromatic heterocycles. The standard InChI is InChI=1S/C18H19N5O2/c1-14-9-16(23(24)25)11-20-18(14)22-8-7-21(17(10-19)13-22)12-15-5-3-2-4-6-15/h2-6,9,11,17H,7-8,12-13H2,1H3/t17-/m1/s1. The molecule has 1 atom stereocenters. The average Bonchev–Trinajstić information content (AvgIpc) is 2.63. The van der Waals surface area contributed by atoms with Crippen molar-refractivity contribution in [3.05, 3.63) is 63.8 Å². The van der Waals surface area contributed by atoms with Gasteiger partial charge in [0.2, 0.25) is 0 Å². The molecule has 2 aromatic rings. The third-order valence-corrected chi connectivity index (χ3v) is 4.42. The van der Waals surface area contributed by atoms with Gasteiger partial charge in [0.05, 0.1) is 11.0 Å².